The minimum atomic E-state index is -3.33. The van der Waals surface area contributed by atoms with Gasteiger partial charge in [0.15, 0.2) is 0 Å². The number of halogens is 1. The molecule has 2 aromatic rings. The minimum Gasteiger partial charge on any atom is -0.382 e. The number of aryl methyl sites for hydroxylation is 1. The highest BCUT2D eigenvalue weighted by Gasteiger charge is 2.10. The molecule has 23 heavy (non-hydrogen) atoms. The summed E-state index contributed by atoms with van der Waals surface area (Å²) in [5.41, 5.74) is 2.80. The smallest absolute Gasteiger partial charge is 0.229 e. The number of anilines is 2. The number of benzene rings is 2. The van der Waals surface area contributed by atoms with Crippen molar-refractivity contribution in [2.45, 2.75) is 26.3 Å². The molecule has 4 nitrogen and oxygen atoms in total. The number of hydrogen-bond donors (Lipinski definition) is 2. The lowest BCUT2D eigenvalue weighted by Gasteiger charge is -2.17. The van der Waals surface area contributed by atoms with Crippen molar-refractivity contribution in [2.24, 2.45) is 0 Å². The zero-order valence-electron chi connectivity index (χ0n) is 13.4. The maximum atomic E-state index is 13.7. The van der Waals surface area contributed by atoms with Crippen LogP contribution >= 0.6 is 0 Å². The van der Waals surface area contributed by atoms with Gasteiger partial charge in [0, 0.05) is 11.7 Å². The van der Waals surface area contributed by atoms with E-state index in [1.165, 1.54) is 6.07 Å². The van der Waals surface area contributed by atoms with Gasteiger partial charge in [0.25, 0.3) is 0 Å². The van der Waals surface area contributed by atoms with Gasteiger partial charge < -0.3 is 5.32 Å². The van der Waals surface area contributed by atoms with Crippen molar-refractivity contribution in [2.75, 3.05) is 16.3 Å². The molecule has 0 saturated heterocycles. The summed E-state index contributed by atoms with van der Waals surface area (Å²) in [6, 6.07) is 12.1. The third-order valence-electron chi connectivity index (χ3n) is 3.43. The van der Waals surface area contributed by atoms with Gasteiger partial charge in [0.05, 0.1) is 11.9 Å². The lowest BCUT2D eigenvalue weighted by Crippen LogP contribution is -2.19. The molecule has 0 bridgehead atoms. The highest BCUT2D eigenvalue weighted by atomic mass is 32.2. The van der Waals surface area contributed by atoms with Crippen molar-refractivity contribution in [1.29, 1.82) is 0 Å². The van der Waals surface area contributed by atoms with E-state index in [9.17, 15) is 12.8 Å². The number of nitrogens with one attached hydrogen (secondary N) is 2. The summed E-state index contributed by atoms with van der Waals surface area (Å²) in [6.07, 6.45) is 1.66. The Morgan fingerprint density at radius 3 is 2.52 bits per heavy atom. The van der Waals surface area contributed by atoms with Crippen LogP contribution in [-0.4, -0.2) is 20.7 Å². The standard InChI is InChI=1S/C17H21FN2O2S/c1-12-8-9-15(11-17(12)20-23(3,21)22)19-13(2)10-14-6-4-5-7-16(14)18/h4-9,11,13,19-20H,10H2,1-3H3/t13-/m0/s1. The van der Waals surface area contributed by atoms with Crippen molar-refractivity contribution in [3.63, 3.8) is 0 Å². The second-order valence-corrected chi connectivity index (χ2v) is 7.49. The molecule has 0 radical (unpaired) electrons. The van der Waals surface area contributed by atoms with Crippen molar-refractivity contribution < 1.29 is 12.8 Å². The maximum absolute atomic E-state index is 13.7. The maximum Gasteiger partial charge on any atom is 0.229 e. The van der Waals surface area contributed by atoms with Crippen LogP contribution in [-0.2, 0) is 16.4 Å². The molecule has 2 aromatic carbocycles. The molecule has 6 heteroatoms. The first-order valence-corrected chi connectivity index (χ1v) is 9.22. The largest absolute Gasteiger partial charge is 0.382 e. The van der Waals surface area contributed by atoms with Crippen molar-refractivity contribution >= 4 is 21.4 Å². The van der Waals surface area contributed by atoms with E-state index in [0.29, 0.717) is 17.7 Å². The summed E-state index contributed by atoms with van der Waals surface area (Å²) in [7, 11) is -3.33. The quantitative estimate of drug-likeness (QED) is 0.848. The highest BCUT2D eigenvalue weighted by Crippen LogP contribution is 2.22. The van der Waals surface area contributed by atoms with Crippen LogP contribution in [0.1, 0.15) is 18.1 Å². The Bertz CT molecular complexity index is 791. The molecule has 0 spiro atoms. The van der Waals surface area contributed by atoms with Gasteiger partial charge >= 0.3 is 0 Å². The fraction of sp³-hybridized carbons (Fsp3) is 0.294. The molecular formula is C17H21FN2O2S. The van der Waals surface area contributed by atoms with Crippen LogP contribution < -0.4 is 10.0 Å². The molecule has 0 aliphatic heterocycles. The lowest BCUT2D eigenvalue weighted by atomic mass is 10.1. The van der Waals surface area contributed by atoms with Crippen molar-refractivity contribution in [1.82, 2.24) is 0 Å². The average Bonchev–Trinajstić information content (AvgIpc) is 2.43. The molecule has 0 heterocycles. The third-order valence-corrected chi connectivity index (χ3v) is 4.02. The molecule has 2 rings (SSSR count). The molecule has 0 saturated carbocycles. The Morgan fingerprint density at radius 1 is 1.17 bits per heavy atom. The topological polar surface area (TPSA) is 58.2 Å². The second-order valence-electron chi connectivity index (χ2n) is 5.74. The molecule has 0 unspecified atom stereocenters. The van der Waals surface area contributed by atoms with Gasteiger partial charge in [-0.3, -0.25) is 4.72 Å². The zero-order valence-corrected chi connectivity index (χ0v) is 14.2. The van der Waals surface area contributed by atoms with E-state index >= 15 is 0 Å². The van der Waals surface area contributed by atoms with Crippen LogP contribution in [0.4, 0.5) is 15.8 Å². The van der Waals surface area contributed by atoms with E-state index < -0.39 is 10.0 Å². The molecule has 1 atom stereocenters. The van der Waals surface area contributed by atoms with E-state index in [0.717, 1.165) is 17.5 Å². The second kappa shape index (κ2) is 7.00. The summed E-state index contributed by atoms with van der Waals surface area (Å²) in [4.78, 5) is 0. The van der Waals surface area contributed by atoms with Gasteiger partial charge in [0.1, 0.15) is 5.82 Å². The van der Waals surface area contributed by atoms with E-state index in [1.807, 2.05) is 32.0 Å². The highest BCUT2D eigenvalue weighted by molar-refractivity contribution is 7.92. The van der Waals surface area contributed by atoms with E-state index in [1.54, 1.807) is 18.2 Å². The fourth-order valence-electron chi connectivity index (χ4n) is 2.35. The Balaban J connectivity index is 2.11. The molecule has 0 fully saturated rings. The van der Waals surface area contributed by atoms with Crippen LogP contribution in [0.15, 0.2) is 42.5 Å². The van der Waals surface area contributed by atoms with Crippen LogP contribution in [0.2, 0.25) is 0 Å². The van der Waals surface area contributed by atoms with Gasteiger partial charge in [-0.1, -0.05) is 24.3 Å². The van der Waals surface area contributed by atoms with Gasteiger partial charge in [-0.25, -0.2) is 12.8 Å². The van der Waals surface area contributed by atoms with Gasteiger partial charge in [0.2, 0.25) is 10.0 Å². The van der Waals surface area contributed by atoms with Gasteiger partial charge in [-0.15, -0.1) is 0 Å². The number of rotatable bonds is 6. The predicted octanol–water partition coefficient (Wildman–Crippen LogP) is 3.55. The number of hydrogen-bond acceptors (Lipinski definition) is 3. The summed E-state index contributed by atoms with van der Waals surface area (Å²) < 4.78 is 39.0. The number of sulfonamides is 1. The predicted molar refractivity (Wildman–Crippen MR) is 92.8 cm³/mol. The van der Waals surface area contributed by atoms with Crippen LogP contribution in [0, 0.1) is 12.7 Å². The van der Waals surface area contributed by atoms with Crippen LogP contribution in [0.5, 0.6) is 0 Å². The van der Waals surface area contributed by atoms with Gasteiger partial charge in [-0.05, 0) is 49.6 Å². The summed E-state index contributed by atoms with van der Waals surface area (Å²) >= 11 is 0. The van der Waals surface area contributed by atoms with Crippen LogP contribution in [0.25, 0.3) is 0 Å². The summed E-state index contributed by atoms with van der Waals surface area (Å²) in [5, 5.41) is 3.27. The fourth-order valence-corrected chi connectivity index (χ4v) is 2.97. The average molecular weight is 336 g/mol. The SMILES string of the molecule is Cc1ccc(N[C@@H](C)Cc2ccccc2F)cc1NS(C)(=O)=O. The summed E-state index contributed by atoms with van der Waals surface area (Å²) in [6.45, 7) is 3.79. The molecule has 0 aliphatic rings. The first-order chi connectivity index (χ1) is 10.7. The Kier molecular flexibility index (Phi) is 5.26. The van der Waals surface area contributed by atoms with Crippen molar-refractivity contribution in [3.05, 3.63) is 59.4 Å². The van der Waals surface area contributed by atoms with Crippen LogP contribution in [0.3, 0.4) is 0 Å². The zero-order chi connectivity index (χ0) is 17.0. The van der Waals surface area contributed by atoms with Gasteiger partial charge in [-0.2, -0.15) is 0 Å². The monoisotopic (exact) mass is 336 g/mol. The molecule has 0 aromatic heterocycles. The Morgan fingerprint density at radius 2 is 1.87 bits per heavy atom. The lowest BCUT2D eigenvalue weighted by molar-refractivity contribution is 0.601. The minimum absolute atomic E-state index is 0.000639. The summed E-state index contributed by atoms with van der Waals surface area (Å²) in [5.74, 6) is -0.218. The first kappa shape index (κ1) is 17.3. The van der Waals surface area contributed by atoms with E-state index in [-0.39, 0.29) is 11.9 Å². The first-order valence-electron chi connectivity index (χ1n) is 7.33. The van der Waals surface area contributed by atoms with E-state index in [2.05, 4.69) is 10.0 Å². The molecule has 0 amide bonds. The molecule has 2 N–H and O–H groups in total. The van der Waals surface area contributed by atoms with E-state index in [4.69, 9.17) is 0 Å². The Labute approximate surface area is 136 Å². The normalized spacial score (nSPS) is 12.7. The molecular weight excluding hydrogens is 315 g/mol. The Hall–Kier alpha value is -2.08. The third kappa shape index (κ3) is 5.25. The van der Waals surface area contributed by atoms with Crippen molar-refractivity contribution in [3.8, 4) is 0 Å². The molecule has 124 valence electrons. The molecule has 0 aliphatic carbocycles.